The van der Waals surface area contributed by atoms with E-state index in [1.54, 1.807) is 36.7 Å². The maximum Gasteiger partial charge on any atom is 0.338 e. The Morgan fingerprint density at radius 2 is 0.694 bits per heavy atom. The van der Waals surface area contributed by atoms with Gasteiger partial charge in [0, 0.05) is 53.5 Å². The minimum absolute atomic E-state index is 0.00783. The fourth-order valence-corrected chi connectivity index (χ4v) is 8.58. The Kier molecular flexibility index (Phi) is 18.9. The van der Waals surface area contributed by atoms with Crippen molar-refractivity contribution < 1.29 is 43.7 Å². The Labute approximate surface area is 415 Å². The first-order valence-corrected chi connectivity index (χ1v) is 24.0. The molecule has 0 bridgehead atoms. The largest absolute Gasteiger partial charge is 0.361 e. The molecule has 0 aliphatic carbocycles. The van der Waals surface area contributed by atoms with Gasteiger partial charge in [-0.05, 0) is 67.3 Å². The maximum atomic E-state index is 15.0. The lowest BCUT2D eigenvalue weighted by Gasteiger charge is -2.29. The molecule has 382 valence electrons. The number of aromatic amines is 2. The number of carbonyl (C=O) groups excluding carboxylic acids is 6. The van der Waals surface area contributed by atoms with Gasteiger partial charge in [-0.3, -0.25) is 78.1 Å². The van der Waals surface area contributed by atoms with Gasteiger partial charge in [-0.1, -0.05) is 66.7 Å². The maximum absolute atomic E-state index is 15.0. The summed E-state index contributed by atoms with van der Waals surface area (Å²) in [5.74, 6) is -4.44. The van der Waals surface area contributed by atoms with E-state index >= 15 is 0 Å². The van der Waals surface area contributed by atoms with Gasteiger partial charge in [-0.15, -0.1) is 0 Å². The van der Waals surface area contributed by atoms with Gasteiger partial charge in [-0.25, -0.2) is 0 Å². The van der Waals surface area contributed by atoms with Crippen LogP contribution in [0.15, 0.2) is 91.3 Å². The molecule has 23 N–H and O–H groups in total. The molecule has 5 aromatic rings. The normalized spacial score (nSPS) is 20.4. The molecule has 1 aliphatic rings. The highest BCUT2D eigenvalue weighted by Crippen LogP contribution is 2.22. The molecule has 23 nitrogen and oxygen atoms in total. The molecule has 0 unspecified atom stereocenters. The molecule has 3 aromatic carbocycles. The van der Waals surface area contributed by atoms with E-state index in [9.17, 15) is 28.8 Å². The summed E-state index contributed by atoms with van der Waals surface area (Å²) in [6.45, 7) is 0.683. The number of nitrogens with one attached hydrogen (secondary N) is 11. The van der Waals surface area contributed by atoms with E-state index in [1.165, 1.54) is 0 Å². The van der Waals surface area contributed by atoms with E-state index in [4.69, 9.17) is 34.4 Å². The topological polar surface area (TPSA) is 404 Å². The molecule has 3 heterocycles. The predicted octanol–water partition coefficient (Wildman–Crippen LogP) is -7.00. The molecule has 1 saturated heterocycles. The molecule has 6 amide bonds. The van der Waals surface area contributed by atoms with Crippen LogP contribution in [0.1, 0.15) is 55.2 Å². The van der Waals surface area contributed by atoms with Crippen molar-refractivity contribution in [3.63, 3.8) is 0 Å². The van der Waals surface area contributed by atoms with Crippen molar-refractivity contribution in [1.29, 1.82) is 0 Å². The van der Waals surface area contributed by atoms with Crippen LogP contribution >= 0.6 is 0 Å². The third-order valence-electron chi connectivity index (χ3n) is 12.3. The summed E-state index contributed by atoms with van der Waals surface area (Å²) < 4.78 is 0. The van der Waals surface area contributed by atoms with E-state index < -0.39 is 71.7 Å². The van der Waals surface area contributed by atoms with E-state index in [0.717, 1.165) is 21.8 Å². The lowest BCUT2D eigenvalue weighted by molar-refractivity contribution is -0.460. The third-order valence-corrected chi connectivity index (χ3v) is 12.3. The third kappa shape index (κ3) is 15.4. The molecule has 0 spiro atoms. The zero-order valence-corrected chi connectivity index (χ0v) is 40.0. The van der Waals surface area contributed by atoms with Crippen LogP contribution in [0.2, 0.25) is 0 Å². The van der Waals surface area contributed by atoms with Crippen LogP contribution in [0, 0.1) is 0 Å². The number of para-hydroxylation sites is 2. The van der Waals surface area contributed by atoms with Gasteiger partial charge >= 0.3 is 17.9 Å². The number of amides is 6. The Morgan fingerprint density at radius 3 is 1.06 bits per heavy atom. The van der Waals surface area contributed by atoms with E-state index in [-0.39, 0.29) is 95.3 Å². The number of hydrogen-bond acceptors (Lipinski definition) is 6. The summed E-state index contributed by atoms with van der Waals surface area (Å²) >= 11 is 0. The monoisotopic (exact) mass is 991 g/mol. The number of carbonyl (C=O) groups is 6. The Bertz CT molecular complexity index is 2760. The first kappa shape index (κ1) is 52.7. The Morgan fingerprint density at radius 1 is 0.389 bits per heavy atom. The number of rotatable bonds is 18. The molecular weight excluding hydrogens is 923 g/mol. The number of guanidine groups is 3. The lowest BCUT2D eigenvalue weighted by atomic mass is 9.99. The highest BCUT2D eigenvalue weighted by Gasteiger charge is 2.36. The summed E-state index contributed by atoms with van der Waals surface area (Å²) in [5, 5.41) is 18.8. The van der Waals surface area contributed by atoms with E-state index in [0.29, 0.717) is 16.7 Å². The zero-order valence-electron chi connectivity index (χ0n) is 40.0. The summed E-state index contributed by atoms with van der Waals surface area (Å²) in [6, 6.07) is 16.2. The van der Waals surface area contributed by atoms with Gasteiger partial charge in [-0.2, -0.15) is 0 Å². The summed E-state index contributed by atoms with van der Waals surface area (Å²) in [5.41, 5.74) is 37.5. The Balaban J connectivity index is 1.45. The summed E-state index contributed by atoms with van der Waals surface area (Å²) in [6.07, 6.45) is 4.32. The number of fused-ring (bicyclic) bond motifs is 2. The van der Waals surface area contributed by atoms with Crippen molar-refractivity contribution in [3.8, 4) is 0 Å². The fraction of sp³-hybridized carbons (Fsp3) is 0.367. The highest BCUT2D eigenvalue weighted by atomic mass is 16.2. The van der Waals surface area contributed by atoms with Crippen LogP contribution in [0.3, 0.4) is 0 Å². The van der Waals surface area contributed by atoms with Crippen LogP contribution in [0.5, 0.6) is 0 Å². The number of aromatic nitrogens is 2. The van der Waals surface area contributed by atoms with Gasteiger partial charge < -0.3 is 41.9 Å². The molecule has 23 heteroatoms. The summed E-state index contributed by atoms with van der Waals surface area (Å²) in [7, 11) is 0. The molecule has 2 aromatic heterocycles. The number of benzene rings is 3. The molecule has 6 rings (SSSR count). The zero-order chi connectivity index (χ0) is 51.6. The first-order chi connectivity index (χ1) is 34.6. The molecule has 6 atom stereocenters. The molecule has 1 aliphatic heterocycles. The molecule has 72 heavy (non-hydrogen) atoms. The highest BCUT2D eigenvalue weighted by molar-refractivity contribution is 5.99. The average molecular weight is 991 g/mol. The van der Waals surface area contributed by atoms with Gasteiger partial charge in [0.2, 0.25) is 35.4 Å². The SMILES string of the molecule is NC(N)=[NH+]CCC[C@@H]1NC(=O)[C@H](CCC[NH+]=C(N)N)NC(=O)[C@H](Cc2ccccc2)NC(=O)[C@H](Cc2c[nH]c3ccccc23)NC(=O)[C@H](Cc2c[nH]c3ccccc23)NC(=O)[C@H](CCC[NH+]=C(N)N)NC1=O. The molecule has 1 fully saturated rings. The predicted molar refractivity (Wildman–Crippen MR) is 271 cm³/mol. The van der Waals surface area contributed by atoms with Crippen molar-refractivity contribution in [3.05, 3.63) is 108 Å². The van der Waals surface area contributed by atoms with Crippen molar-refractivity contribution >= 4 is 75.1 Å². The second kappa shape index (κ2) is 25.8. The van der Waals surface area contributed by atoms with E-state index in [2.05, 4.69) is 56.8 Å². The lowest BCUT2D eigenvalue weighted by Crippen LogP contribution is -2.78. The Hall–Kier alpha value is -8.63. The van der Waals surface area contributed by atoms with Crippen molar-refractivity contribution in [1.82, 2.24) is 41.9 Å². The van der Waals surface area contributed by atoms with Gasteiger partial charge in [0.1, 0.15) is 36.3 Å². The van der Waals surface area contributed by atoms with Gasteiger partial charge in [0.05, 0.1) is 19.6 Å². The van der Waals surface area contributed by atoms with Crippen LogP contribution in [0.4, 0.5) is 0 Å². The quantitative estimate of drug-likeness (QED) is 0.0221. The first-order valence-electron chi connectivity index (χ1n) is 24.0. The van der Waals surface area contributed by atoms with Crippen LogP contribution in [-0.4, -0.2) is 119 Å². The number of hydrogen-bond donors (Lipinski definition) is 17. The second-order valence-corrected chi connectivity index (χ2v) is 17.8. The minimum Gasteiger partial charge on any atom is -0.361 e. The van der Waals surface area contributed by atoms with Gasteiger partial charge in [0.25, 0.3) is 0 Å². The van der Waals surface area contributed by atoms with Crippen LogP contribution in [0.25, 0.3) is 21.8 Å². The van der Waals surface area contributed by atoms with Gasteiger partial charge in [0.15, 0.2) is 0 Å². The average Bonchev–Trinajstić information content (AvgIpc) is 3.96. The summed E-state index contributed by atoms with van der Waals surface area (Å²) in [4.78, 5) is 103. The molecule has 0 radical (unpaired) electrons. The smallest absolute Gasteiger partial charge is 0.338 e. The standard InChI is InChI=1S/C49H65N17O6/c50-47(51)56-20-8-17-35-41(67)62-37(19-10-22-58-49(54)55)43(69)65-39(24-29-26-59-33-15-6-4-13-31(29)33)46(72)66-40(25-30-27-60-34-16-7-5-14-32(30)34)45(71)64-38(23-28-11-2-1-3-12-28)44(70)63-36(42(68)61-35)18-9-21-57-48(52)53/h1-7,11-16,26-27,35-40,59-60H,8-10,17-25H2,(H,61,68)(H,62,67)(H,63,70)(H,64,71)(H,65,69)(H,66,72)(H4,50,51,56)(H4,52,53,57)(H4,54,55,58)/p+3/t35-,36-,37-,38-,39-,40-/m0/s1. The van der Waals surface area contributed by atoms with E-state index in [1.807, 2.05) is 54.6 Å². The van der Waals surface area contributed by atoms with Crippen molar-refractivity contribution in [2.45, 2.75) is 94.0 Å². The fourth-order valence-electron chi connectivity index (χ4n) is 8.58. The molecular formula is C49H68N17O6+3. The number of nitrogens with two attached hydrogens (primary N) is 6. The van der Waals surface area contributed by atoms with Crippen molar-refractivity contribution in [2.75, 3.05) is 19.6 Å². The van der Waals surface area contributed by atoms with Crippen LogP contribution < -0.4 is 81.3 Å². The molecule has 0 saturated carbocycles. The second-order valence-electron chi connectivity index (χ2n) is 17.8. The minimum atomic E-state index is -1.31. The number of H-pyrrole nitrogens is 2. The van der Waals surface area contributed by atoms with Crippen molar-refractivity contribution in [2.24, 2.45) is 34.4 Å². The van der Waals surface area contributed by atoms with Crippen LogP contribution in [-0.2, 0) is 48.0 Å².